The maximum Gasteiger partial charge on any atom is 0.269 e. The van der Waals surface area contributed by atoms with Gasteiger partial charge in [-0.2, -0.15) is 0 Å². The van der Waals surface area contributed by atoms with Crippen LogP contribution >= 0.6 is 11.6 Å². The smallest absolute Gasteiger partial charge is 0.267 e. The Morgan fingerprint density at radius 3 is 2.39 bits per heavy atom. The number of anilines is 1. The number of rotatable bonds is 3. The first-order valence-electron chi connectivity index (χ1n) is 5.26. The van der Waals surface area contributed by atoms with E-state index in [1.54, 1.807) is 12.1 Å². The molecule has 0 atom stereocenters. The first kappa shape index (κ1) is 12.3. The number of carbonyl (C=O) groups excluding carboxylic acids is 1. The fraction of sp³-hybridized carbons (Fsp3) is 0.0833. The number of aromatic nitrogens is 2. The van der Waals surface area contributed by atoms with Gasteiger partial charge in [-0.15, -0.1) is 0 Å². The number of halogens is 1. The highest BCUT2D eigenvalue weighted by atomic mass is 35.5. The second-order valence-corrected chi connectivity index (χ2v) is 4.11. The van der Waals surface area contributed by atoms with E-state index in [4.69, 9.17) is 11.6 Å². The van der Waals surface area contributed by atoms with Gasteiger partial charge < -0.3 is 0 Å². The van der Waals surface area contributed by atoms with E-state index in [0.29, 0.717) is 10.6 Å². The Morgan fingerprint density at radius 1 is 1.17 bits per heavy atom. The minimum absolute atomic E-state index is 0.256. The van der Waals surface area contributed by atoms with E-state index in [-0.39, 0.29) is 11.9 Å². The van der Waals surface area contributed by atoms with Crippen LogP contribution in [0.25, 0.3) is 0 Å². The maximum atomic E-state index is 11.7. The fourth-order valence-electron chi connectivity index (χ4n) is 1.27. The van der Waals surface area contributed by atoms with Crippen molar-refractivity contribution < 1.29 is 4.79 Å². The Bertz CT molecular complexity index is 539. The van der Waals surface area contributed by atoms with Crippen LogP contribution in [-0.4, -0.2) is 15.9 Å². The average molecular weight is 263 g/mol. The van der Waals surface area contributed by atoms with E-state index in [1.807, 2.05) is 19.1 Å². The van der Waals surface area contributed by atoms with Gasteiger partial charge in [-0.05, 0) is 19.1 Å². The summed E-state index contributed by atoms with van der Waals surface area (Å²) in [5.74, 6) is 0.0217. The van der Waals surface area contributed by atoms with Gasteiger partial charge in [0.1, 0.15) is 0 Å². The van der Waals surface area contributed by atoms with Crippen LogP contribution in [0.1, 0.15) is 15.9 Å². The number of hydrazine groups is 1. The zero-order valence-electron chi connectivity index (χ0n) is 9.64. The van der Waals surface area contributed by atoms with Gasteiger partial charge in [0.05, 0.1) is 17.4 Å². The largest absolute Gasteiger partial charge is 0.269 e. The molecule has 0 aliphatic carbocycles. The molecule has 6 heteroatoms. The molecular weight excluding hydrogens is 252 g/mol. The second-order valence-electron chi connectivity index (χ2n) is 3.67. The molecule has 0 bridgehead atoms. The predicted octanol–water partition coefficient (Wildman–Crippen LogP) is 2.20. The molecule has 0 aliphatic rings. The van der Waals surface area contributed by atoms with Gasteiger partial charge in [-0.25, -0.2) is 9.97 Å². The topological polar surface area (TPSA) is 66.9 Å². The molecule has 1 aromatic heterocycles. The van der Waals surface area contributed by atoms with Crippen LogP contribution in [0.4, 0.5) is 5.95 Å². The van der Waals surface area contributed by atoms with Crippen molar-refractivity contribution in [1.82, 2.24) is 15.4 Å². The third kappa shape index (κ3) is 3.18. The van der Waals surface area contributed by atoms with Crippen LogP contribution in [0.2, 0.25) is 5.02 Å². The highest BCUT2D eigenvalue weighted by Gasteiger charge is 2.04. The summed E-state index contributed by atoms with van der Waals surface area (Å²) >= 11 is 5.64. The summed E-state index contributed by atoms with van der Waals surface area (Å²) in [6.07, 6.45) is 2.88. The van der Waals surface area contributed by atoms with Crippen LogP contribution in [0, 0.1) is 6.92 Å². The van der Waals surface area contributed by atoms with Gasteiger partial charge in [0.15, 0.2) is 0 Å². The average Bonchev–Trinajstić information content (AvgIpc) is 2.38. The Balaban J connectivity index is 1.96. The van der Waals surface area contributed by atoms with E-state index >= 15 is 0 Å². The Hall–Kier alpha value is -2.14. The lowest BCUT2D eigenvalue weighted by molar-refractivity contribution is 0.0962. The van der Waals surface area contributed by atoms with Crippen LogP contribution in [-0.2, 0) is 0 Å². The van der Waals surface area contributed by atoms with E-state index in [2.05, 4.69) is 20.8 Å². The van der Waals surface area contributed by atoms with Crippen molar-refractivity contribution in [2.45, 2.75) is 6.92 Å². The van der Waals surface area contributed by atoms with Crippen molar-refractivity contribution in [3.63, 3.8) is 0 Å². The molecule has 1 aromatic carbocycles. The lowest BCUT2D eigenvalue weighted by atomic mass is 10.1. The number of amides is 1. The minimum atomic E-state index is -0.256. The number of hydrogen-bond acceptors (Lipinski definition) is 4. The zero-order valence-corrected chi connectivity index (χ0v) is 10.4. The maximum absolute atomic E-state index is 11.7. The molecular formula is C12H11ClN4O. The lowest BCUT2D eigenvalue weighted by Gasteiger charge is -2.06. The summed E-state index contributed by atoms with van der Waals surface area (Å²) in [7, 11) is 0. The molecule has 1 heterocycles. The molecule has 2 N–H and O–H groups in total. The van der Waals surface area contributed by atoms with E-state index < -0.39 is 0 Å². The molecule has 18 heavy (non-hydrogen) atoms. The number of aryl methyl sites for hydroxylation is 1. The third-order valence-corrected chi connectivity index (χ3v) is 2.42. The number of carbonyl (C=O) groups is 1. The summed E-state index contributed by atoms with van der Waals surface area (Å²) in [6, 6.07) is 7.23. The SMILES string of the molecule is Cc1ccc(C(=O)NNc2ncc(Cl)cn2)cc1. The van der Waals surface area contributed by atoms with Crippen molar-refractivity contribution >= 4 is 23.5 Å². The van der Waals surface area contributed by atoms with Crippen LogP contribution in [0.5, 0.6) is 0 Å². The zero-order chi connectivity index (χ0) is 13.0. The third-order valence-electron chi connectivity index (χ3n) is 2.22. The molecule has 0 fully saturated rings. The van der Waals surface area contributed by atoms with Gasteiger partial charge >= 0.3 is 0 Å². The number of nitrogens with zero attached hydrogens (tertiary/aromatic N) is 2. The standard InChI is InChI=1S/C12H11ClN4O/c1-8-2-4-9(5-3-8)11(18)16-17-12-14-6-10(13)7-15-12/h2-7H,1H3,(H,16,18)(H,14,15,17). The molecule has 0 saturated heterocycles. The van der Waals surface area contributed by atoms with Gasteiger partial charge in [0, 0.05) is 5.56 Å². The van der Waals surface area contributed by atoms with Crippen molar-refractivity contribution in [3.05, 3.63) is 52.8 Å². The van der Waals surface area contributed by atoms with Gasteiger partial charge in [0.2, 0.25) is 5.95 Å². The summed E-state index contributed by atoms with van der Waals surface area (Å²) < 4.78 is 0. The number of hydrogen-bond donors (Lipinski definition) is 2. The second kappa shape index (κ2) is 5.46. The normalized spacial score (nSPS) is 9.89. The van der Waals surface area contributed by atoms with E-state index in [9.17, 15) is 4.79 Å². The Labute approximate surface area is 109 Å². The molecule has 92 valence electrons. The van der Waals surface area contributed by atoms with Crippen molar-refractivity contribution in [2.24, 2.45) is 0 Å². The molecule has 0 aliphatic heterocycles. The Morgan fingerprint density at radius 2 is 1.78 bits per heavy atom. The van der Waals surface area contributed by atoms with Crippen LogP contribution in [0.3, 0.4) is 0 Å². The molecule has 2 aromatic rings. The first-order valence-corrected chi connectivity index (χ1v) is 5.63. The summed E-state index contributed by atoms with van der Waals surface area (Å²) in [5.41, 5.74) is 6.76. The molecule has 2 rings (SSSR count). The molecule has 0 saturated carbocycles. The van der Waals surface area contributed by atoms with Crippen LogP contribution in [0.15, 0.2) is 36.7 Å². The summed E-state index contributed by atoms with van der Waals surface area (Å²) in [6.45, 7) is 1.96. The van der Waals surface area contributed by atoms with E-state index in [1.165, 1.54) is 12.4 Å². The fourth-order valence-corrected chi connectivity index (χ4v) is 1.36. The first-order chi connectivity index (χ1) is 8.65. The number of benzene rings is 1. The summed E-state index contributed by atoms with van der Waals surface area (Å²) in [5, 5.41) is 0.436. The Kier molecular flexibility index (Phi) is 3.74. The molecule has 1 amide bonds. The van der Waals surface area contributed by atoms with E-state index in [0.717, 1.165) is 5.56 Å². The molecule has 0 spiro atoms. The summed E-state index contributed by atoms with van der Waals surface area (Å²) in [4.78, 5) is 19.5. The van der Waals surface area contributed by atoms with Crippen molar-refractivity contribution in [2.75, 3.05) is 5.43 Å². The van der Waals surface area contributed by atoms with Gasteiger partial charge in [-0.1, -0.05) is 29.3 Å². The quantitative estimate of drug-likeness (QED) is 0.832. The van der Waals surface area contributed by atoms with Crippen molar-refractivity contribution in [1.29, 1.82) is 0 Å². The predicted molar refractivity (Wildman–Crippen MR) is 69.3 cm³/mol. The molecule has 0 unspecified atom stereocenters. The van der Waals surface area contributed by atoms with Crippen LogP contribution < -0.4 is 10.9 Å². The highest BCUT2D eigenvalue weighted by Crippen LogP contribution is 2.05. The number of nitrogens with one attached hydrogen (secondary N) is 2. The minimum Gasteiger partial charge on any atom is -0.267 e. The highest BCUT2D eigenvalue weighted by molar-refractivity contribution is 6.30. The van der Waals surface area contributed by atoms with Gasteiger partial charge in [-0.3, -0.25) is 15.6 Å². The molecule has 0 radical (unpaired) electrons. The van der Waals surface area contributed by atoms with Gasteiger partial charge in [0.25, 0.3) is 5.91 Å². The lowest BCUT2D eigenvalue weighted by Crippen LogP contribution is -2.30. The molecule has 5 nitrogen and oxygen atoms in total. The monoisotopic (exact) mass is 262 g/mol. The van der Waals surface area contributed by atoms with Crippen molar-refractivity contribution in [3.8, 4) is 0 Å².